The molecular formula is C17H19NO5. The van der Waals surface area contributed by atoms with Crippen molar-refractivity contribution in [2.24, 2.45) is 0 Å². The summed E-state index contributed by atoms with van der Waals surface area (Å²) in [6, 6.07) is 11.9. The van der Waals surface area contributed by atoms with Gasteiger partial charge in [0.2, 0.25) is 0 Å². The van der Waals surface area contributed by atoms with E-state index in [0.717, 1.165) is 11.3 Å². The normalized spacial score (nSPS) is 10.4. The first-order chi connectivity index (χ1) is 11.0. The van der Waals surface area contributed by atoms with Gasteiger partial charge >= 0.3 is 5.69 Å². The molecule has 0 aliphatic heterocycles. The zero-order valence-corrected chi connectivity index (χ0v) is 13.3. The van der Waals surface area contributed by atoms with Crippen LogP contribution < -0.4 is 14.2 Å². The van der Waals surface area contributed by atoms with Crippen LogP contribution in [0.25, 0.3) is 0 Å². The van der Waals surface area contributed by atoms with Crippen LogP contribution in [0.4, 0.5) is 5.69 Å². The lowest BCUT2D eigenvalue weighted by molar-refractivity contribution is -0.386. The summed E-state index contributed by atoms with van der Waals surface area (Å²) in [5, 5.41) is 11.1. The van der Waals surface area contributed by atoms with Crippen molar-refractivity contribution in [3.63, 3.8) is 0 Å². The summed E-state index contributed by atoms with van der Waals surface area (Å²) >= 11 is 0. The van der Waals surface area contributed by atoms with Crippen LogP contribution in [0.1, 0.15) is 19.4 Å². The third kappa shape index (κ3) is 4.60. The number of nitro benzene ring substituents is 1. The van der Waals surface area contributed by atoms with Gasteiger partial charge in [0.25, 0.3) is 0 Å². The molecule has 0 unspecified atom stereocenters. The number of nitrogens with zero attached hydrogens (tertiary/aromatic N) is 1. The highest BCUT2D eigenvalue weighted by atomic mass is 16.6. The first-order valence-electron chi connectivity index (χ1n) is 7.20. The zero-order chi connectivity index (χ0) is 16.8. The molecule has 0 N–H and O–H groups in total. The fourth-order valence-corrected chi connectivity index (χ4v) is 1.99. The smallest absolute Gasteiger partial charge is 0.314 e. The zero-order valence-electron chi connectivity index (χ0n) is 13.3. The predicted octanol–water partition coefficient (Wildman–Crippen LogP) is 3.97. The Hall–Kier alpha value is -2.76. The van der Waals surface area contributed by atoms with Gasteiger partial charge in [0, 0.05) is 0 Å². The number of rotatable bonds is 7. The third-order valence-electron chi connectivity index (χ3n) is 3.05. The molecule has 2 rings (SSSR count). The Balaban J connectivity index is 2.07. The standard InChI is InChI=1S/C17H19NO5/c1-12(2)23-14-6-4-13(5-7-14)11-22-17-9-8-15(21-3)10-16(17)18(19)20/h4-10,12H,11H2,1-3H3. The van der Waals surface area contributed by atoms with E-state index >= 15 is 0 Å². The van der Waals surface area contributed by atoms with Gasteiger partial charge in [-0.25, -0.2) is 0 Å². The van der Waals surface area contributed by atoms with Crippen molar-refractivity contribution in [1.82, 2.24) is 0 Å². The van der Waals surface area contributed by atoms with Crippen LogP contribution in [0.5, 0.6) is 17.2 Å². The van der Waals surface area contributed by atoms with E-state index in [1.165, 1.54) is 19.2 Å². The molecule has 6 heteroatoms. The van der Waals surface area contributed by atoms with E-state index < -0.39 is 4.92 Å². The highest BCUT2D eigenvalue weighted by molar-refractivity contribution is 5.51. The minimum atomic E-state index is -0.489. The second-order valence-electron chi connectivity index (χ2n) is 5.19. The summed E-state index contributed by atoms with van der Waals surface area (Å²) in [5.41, 5.74) is 0.773. The maximum absolute atomic E-state index is 11.1. The van der Waals surface area contributed by atoms with Crippen LogP contribution in [0, 0.1) is 10.1 Å². The molecule has 0 aromatic heterocycles. The number of ether oxygens (including phenoxy) is 3. The van der Waals surface area contributed by atoms with Gasteiger partial charge in [0.05, 0.1) is 24.2 Å². The molecule has 0 amide bonds. The molecule has 0 radical (unpaired) electrons. The first kappa shape index (κ1) is 16.6. The van der Waals surface area contributed by atoms with Crippen LogP contribution in [-0.4, -0.2) is 18.1 Å². The maximum Gasteiger partial charge on any atom is 0.314 e. The monoisotopic (exact) mass is 317 g/mol. The van der Waals surface area contributed by atoms with E-state index in [-0.39, 0.29) is 24.1 Å². The Labute approximate surface area is 134 Å². The Bertz CT molecular complexity index is 667. The second-order valence-corrected chi connectivity index (χ2v) is 5.19. The molecule has 6 nitrogen and oxygen atoms in total. The van der Waals surface area contributed by atoms with Crippen molar-refractivity contribution < 1.29 is 19.1 Å². The van der Waals surface area contributed by atoms with Gasteiger partial charge in [-0.1, -0.05) is 12.1 Å². The Morgan fingerprint density at radius 3 is 2.30 bits per heavy atom. The summed E-state index contributed by atoms with van der Waals surface area (Å²) in [4.78, 5) is 10.6. The van der Waals surface area contributed by atoms with E-state index in [2.05, 4.69) is 0 Å². The molecule has 0 aliphatic carbocycles. The van der Waals surface area contributed by atoms with Gasteiger partial charge in [-0.2, -0.15) is 0 Å². The fourth-order valence-electron chi connectivity index (χ4n) is 1.99. The molecule has 0 saturated heterocycles. The van der Waals surface area contributed by atoms with Crippen molar-refractivity contribution in [3.8, 4) is 17.2 Å². The number of nitro groups is 1. The van der Waals surface area contributed by atoms with Crippen molar-refractivity contribution >= 4 is 5.69 Å². The van der Waals surface area contributed by atoms with Crippen molar-refractivity contribution in [2.45, 2.75) is 26.6 Å². The molecule has 0 aliphatic rings. The van der Waals surface area contributed by atoms with E-state index in [9.17, 15) is 10.1 Å². The molecule has 0 bridgehead atoms. The summed E-state index contributed by atoms with van der Waals surface area (Å²) in [6.07, 6.45) is 0.110. The highest BCUT2D eigenvalue weighted by Crippen LogP contribution is 2.31. The predicted molar refractivity (Wildman–Crippen MR) is 86.2 cm³/mol. The van der Waals surface area contributed by atoms with Gasteiger partial charge < -0.3 is 14.2 Å². The third-order valence-corrected chi connectivity index (χ3v) is 3.05. The Morgan fingerprint density at radius 2 is 1.74 bits per heavy atom. The highest BCUT2D eigenvalue weighted by Gasteiger charge is 2.16. The molecule has 0 saturated carbocycles. The number of hydrogen-bond acceptors (Lipinski definition) is 5. The molecule has 2 aromatic carbocycles. The molecule has 122 valence electrons. The number of methoxy groups -OCH3 is 1. The number of benzene rings is 2. The van der Waals surface area contributed by atoms with Crippen molar-refractivity contribution in [2.75, 3.05) is 7.11 Å². The molecule has 2 aromatic rings. The fraction of sp³-hybridized carbons (Fsp3) is 0.294. The van der Waals surface area contributed by atoms with Crippen LogP contribution >= 0.6 is 0 Å². The summed E-state index contributed by atoms with van der Waals surface area (Å²) in [5.74, 6) is 1.40. The van der Waals surface area contributed by atoms with E-state index in [4.69, 9.17) is 14.2 Å². The molecule has 23 heavy (non-hydrogen) atoms. The second kappa shape index (κ2) is 7.49. The first-order valence-corrected chi connectivity index (χ1v) is 7.20. The van der Waals surface area contributed by atoms with Gasteiger partial charge in [0.1, 0.15) is 18.1 Å². The van der Waals surface area contributed by atoms with Crippen LogP contribution in [0.3, 0.4) is 0 Å². The lowest BCUT2D eigenvalue weighted by Crippen LogP contribution is -2.05. The lowest BCUT2D eigenvalue weighted by atomic mass is 10.2. The van der Waals surface area contributed by atoms with Crippen LogP contribution in [0.2, 0.25) is 0 Å². The molecule has 0 atom stereocenters. The van der Waals surface area contributed by atoms with Gasteiger partial charge in [-0.15, -0.1) is 0 Å². The minimum absolute atomic E-state index is 0.110. The van der Waals surface area contributed by atoms with E-state index in [1.807, 2.05) is 38.1 Å². The SMILES string of the molecule is COc1ccc(OCc2ccc(OC(C)C)cc2)c([N+](=O)[O-])c1. The van der Waals surface area contributed by atoms with Gasteiger partial charge in [0.15, 0.2) is 5.75 Å². The largest absolute Gasteiger partial charge is 0.496 e. The molecule has 0 spiro atoms. The minimum Gasteiger partial charge on any atom is -0.496 e. The summed E-state index contributed by atoms with van der Waals surface area (Å²) in [7, 11) is 1.46. The van der Waals surface area contributed by atoms with E-state index in [1.54, 1.807) is 6.07 Å². The van der Waals surface area contributed by atoms with E-state index in [0.29, 0.717) is 5.75 Å². The van der Waals surface area contributed by atoms with Gasteiger partial charge in [-0.3, -0.25) is 10.1 Å². The summed E-state index contributed by atoms with van der Waals surface area (Å²) < 4.78 is 16.1. The van der Waals surface area contributed by atoms with Crippen molar-refractivity contribution in [3.05, 3.63) is 58.1 Å². The average molecular weight is 317 g/mol. The molecular weight excluding hydrogens is 298 g/mol. The topological polar surface area (TPSA) is 70.8 Å². The Kier molecular flexibility index (Phi) is 5.41. The van der Waals surface area contributed by atoms with Crippen LogP contribution in [-0.2, 0) is 6.61 Å². The van der Waals surface area contributed by atoms with Crippen molar-refractivity contribution in [1.29, 1.82) is 0 Å². The molecule has 0 heterocycles. The Morgan fingerprint density at radius 1 is 1.09 bits per heavy atom. The van der Waals surface area contributed by atoms with Gasteiger partial charge in [-0.05, 0) is 43.7 Å². The quantitative estimate of drug-likeness (QED) is 0.571. The lowest BCUT2D eigenvalue weighted by Gasteiger charge is -2.11. The summed E-state index contributed by atoms with van der Waals surface area (Å²) in [6.45, 7) is 4.15. The number of hydrogen-bond donors (Lipinski definition) is 0. The molecule has 0 fully saturated rings. The van der Waals surface area contributed by atoms with Crippen LogP contribution in [0.15, 0.2) is 42.5 Å². The maximum atomic E-state index is 11.1. The average Bonchev–Trinajstić information content (AvgIpc) is 2.53.